The molecule has 2 amide bonds. The first-order valence-corrected chi connectivity index (χ1v) is 12.3. The third kappa shape index (κ3) is 5.76. The highest BCUT2D eigenvalue weighted by molar-refractivity contribution is 9.10. The number of piperazine rings is 1. The van der Waals surface area contributed by atoms with Gasteiger partial charge in [-0.15, -0.1) is 0 Å². The summed E-state index contributed by atoms with van der Waals surface area (Å²) < 4.78 is 8.97. The van der Waals surface area contributed by atoms with Crippen LogP contribution in [-0.4, -0.2) is 88.7 Å². The molecule has 0 unspecified atom stereocenters. The van der Waals surface area contributed by atoms with Gasteiger partial charge in [0.1, 0.15) is 11.9 Å². The summed E-state index contributed by atoms with van der Waals surface area (Å²) in [6.45, 7) is 6.20. The monoisotopic (exact) mass is 517 g/mol. The summed E-state index contributed by atoms with van der Waals surface area (Å²) in [5.74, 6) is 0.807. The van der Waals surface area contributed by atoms with Crippen molar-refractivity contribution in [3.63, 3.8) is 0 Å². The van der Waals surface area contributed by atoms with Gasteiger partial charge in [-0.2, -0.15) is 5.10 Å². The lowest BCUT2D eigenvalue weighted by Crippen LogP contribution is -2.51. The molecule has 2 saturated heterocycles. The largest absolute Gasteiger partial charge is 0.490 e. The van der Waals surface area contributed by atoms with Gasteiger partial charge in [0.2, 0.25) is 5.91 Å². The average Bonchev–Trinajstić information content (AvgIpc) is 3.12. The van der Waals surface area contributed by atoms with E-state index in [4.69, 9.17) is 4.74 Å². The molecule has 2 atom stereocenters. The molecular weight excluding hydrogens is 486 g/mol. The molecule has 8 nitrogen and oxygen atoms in total. The van der Waals surface area contributed by atoms with Crippen molar-refractivity contribution in [3.05, 3.63) is 46.2 Å². The molecule has 2 aliphatic rings. The topological polar surface area (TPSA) is 70.9 Å². The predicted molar refractivity (Wildman–Crippen MR) is 129 cm³/mol. The number of ether oxygens (including phenoxy) is 1. The van der Waals surface area contributed by atoms with Crippen LogP contribution in [0.1, 0.15) is 28.9 Å². The normalized spacial score (nSPS) is 21.8. The number of piperidine rings is 1. The first-order valence-electron chi connectivity index (χ1n) is 11.5. The first kappa shape index (κ1) is 23.8. The minimum absolute atomic E-state index is 0.0291. The minimum Gasteiger partial charge on any atom is -0.490 e. The minimum atomic E-state index is -0.130. The number of likely N-dealkylation sites (tertiary alicyclic amines) is 1. The van der Waals surface area contributed by atoms with Crippen molar-refractivity contribution in [1.29, 1.82) is 0 Å². The Hall–Kier alpha value is -2.39. The molecule has 0 saturated carbocycles. The number of rotatable bonds is 5. The van der Waals surface area contributed by atoms with Crippen LogP contribution in [0.25, 0.3) is 0 Å². The van der Waals surface area contributed by atoms with E-state index in [1.807, 2.05) is 48.0 Å². The van der Waals surface area contributed by atoms with E-state index in [0.29, 0.717) is 31.5 Å². The van der Waals surface area contributed by atoms with E-state index in [2.05, 4.69) is 33.0 Å². The van der Waals surface area contributed by atoms with Crippen LogP contribution >= 0.6 is 15.9 Å². The molecule has 9 heteroatoms. The summed E-state index contributed by atoms with van der Waals surface area (Å²) in [4.78, 5) is 32.4. The molecule has 1 aromatic carbocycles. The number of benzene rings is 1. The third-order valence-corrected chi connectivity index (χ3v) is 7.06. The molecular formula is C24H32BrN5O3. The molecule has 0 bridgehead atoms. The number of carbonyl (C=O) groups is 2. The van der Waals surface area contributed by atoms with Crippen molar-refractivity contribution in [2.45, 2.75) is 25.9 Å². The Morgan fingerprint density at radius 1 is 1.12 bits per heavy atom. The summed E-state index contributed by atoms with van der Waals surface area (Å²) in [6.07, 6.45) is 2.69. The number of hydrogen-bond donors (Lipinski definition) is 0. The highest BCUT2D eigenvalue weighted by Crippen LogP contribution is 2.29. The SMILES string of the molecule is Cc1nn(C)cc1C(=O)N1CC[C@H](Oc2cccc(Br)c2)[C@@H](CC(=O)N2CCN(C)CC2)C1. The molecule has 1 aromatic heterocycles. The van der Waals surface area contributed by atoms with Crippen LogP contribution in [0.4, 0.5) is 0 Å². The Bertz CT molecular complexity index is 1000. The van der Waals surface area contributed by atoms with Gasteiger partial charge in [0, 0.05) is 75.7 Å². The Labute approximate surface area is 203 Å². The van der Waals surface area contributed by atoms with Crippen LogP contribution < -0.4 is 4.74 Å². The van der Waals surface area contributed by atoms with E-state index < -0.39 is 0 Å². The van der Waals surface area contributed by atoms with Crippen molar-refractivity contribution in [2.24, 2.45) is 13.0 Å². The number of halogens is 1. The molecule has 4 rings (SSSR count). The summed E-state index contributed by atoms with van der Waals surface area (Å²) in [7, 11) is 3.90. The summed E-state index contributed by atoms with van der Waals surface area (Å²) in [5, 5.41) is 4.32. The van der Waals surface area contributed by atoms with Gasteiger partial charge in [-0.1, -0.05) is 22.0 Å². The van der Waals surface area contributed by atoms with Crippen LogP contribution in [-0.2, 0) is 11.8 Å². The molecule has 178 valence electrons. The molecule has 0 aliphatic carbocycles. The number of hydrogen-bond acceptors (Lipinski definition) is 5. The van der Waals surface area contributed by atoms with Crippen molar-refractivity contribution in [3.8, 4) is 5.75 Å². The van der Waals surface area contributed by atoms with Gasteiger partial charge < -0.3 is 19.4 Å². The second-order valence-corrected chi connectivity index (χ2v) is 10.0. The van der Waals surface area contributed by atoms with E-state index in [1.165, 1.54) is 0 Å². The first-order chi connectivity index (χ1) is 15.8. The van der Waals surface area contributed by atoms with Gasteiger partial charge in [-0.25, -0.2) is 0 Å². The predicted octanol–water partition coefficient (Wildman–Crippen LogP) is 2.56. The third-order valence-electron chi connectivity index (χ3n) is 6.57. The summed E-state index contributed by atoms with van der Waals surface area (Å²) in [5.41, 5.74) is 1.34. The fourth-order valence-electron chi connectivity index (χ4n) is 4.65. The smallest absolute Gasteiger partial charge is 0.257 e. The molecule has 33 heavy (non-hydrogen) atoms. The van der Waals surface area contributed by atoms with Gasteiger partial charge in [0.25, 0.3) is 5.91 Å². The molecule has 2 aromatic rings. The zero-order valence-corrected chi connectivity index (χ0v) is 21.1. The van der Waals surface area contributed by atoms with Crippen LogP contribution in [0, 0.1) is 12.8 Å². The number of carbonyl (C=O) groups excluding carboxylic acids is 2. The lowest BCUT2D eigenvalue weighted by molar-refractivity contribution is -0.135. The summed E-state index contributed by atoms with van der Waals surface area (Å²) >= 11 is 3.50. The van der Waals surface area contributed by atoms with Gasteiger partial charge >= 0.3 is 0 Å². The van der Waals surface area contributed by atoms with E-state index in [9.17, 15) is 9.59 Å². The number of likely N-dealkylation sites (N-methyl/N-ethyl adjacent to an activating group) is 1. The zero-order chi connectivity index (χ0) is 23.5. The lowest BCUT2D eigenvalue weighted by Gasteiger charge is -2.40. The van der Waals surface area contributed by atoms with E-state index in [0.717, 1.165) is 42.1 Å². The fraction of sp³-hybridized carbons (Fsp3) is 0.542. The van der Waals surface area contributed by atoms with Gasteiger partial charge in [-0.3, -0.25) is 14.3 Å². The number of nitrogens with zero attached hydrogens (tertiary/aromatic N) is 5. The van der Waals surface area contributed by atoms with E-state index in [1.54, 1.807) is 10.9 Å². The summed E-state index contributed by atoms with van der Waals surface area (Å²) in [6, 6.07) is 7.77. The zero-order valence-electron chi connectivity index (χ0n) is 19.5. The fourth-order valence-corrected chi connectivity index (χ4v) is 5.03. The number of amides is 2. The molecule has 0 spiro atoms. The number of aryl methyl sites for hydroxylation is 2. The maximum absolute atomic E-state index is 13.2. The van der Waals surface area contributed by atoms with Gasteiger partial charge in [0.15, 0.2) is 0 Å². The molecule has 0 radical (unpaired) electrons. The van der Waals surface area contributed by atoms with Crippen molar-refractivity contribution >= 4 is 27.7 Å². The van der Waals surface area contributed by atoms with E-state index >= 15 is 0 Å². The van der Waals surface area contributed by atoms with Crippen LogP contribution in [0.3, 0.4) is 0 Å². The Morgan fingerprint density at radius 3 is 2.55 bits per heavy atom. The maximum atomic E-state index is 13.2. The Kier molecular flexibility index (Phi) is 7.38. The molecule has 0 N–H and O–H groups in total. The maximum Gasteiger partial charge on any atom is 0.257 e. The average molecular weight is 518 g/mol. The van der Waals surface area contributed by atoms with Gasteiger partial charge in [-0.05, 0) is 32.2 Å². The highest BCUT2D eigenvalue weighted by Gasteiger charge is 2.36. The Morgan fingerprint density at radius 2 is 1.88 bits per heavy atom. The lowest BCUT2D eigenvalue weighted by atomic mass is 9.90. The van der Waals surface area contributed by atoms with Crippen LogP contribution in [0.5, 0.6) is 5.75 Å². The van der Waals surface area contributed by atoms with Crippen molar-refractivity contribution in [2.75, 3.05) is 46.3 Å². The van der Waals surface area contributed by atoms with Gasteiger partial charge in [0.05, 0.1) is 11.3 Å². The van der Waals surface area contributed by atoms with Crippen LogP contribution in [0.15, 0.2) is 34.9 Å². The molecule has 2 fully saturated rings. The second kappa shape index (κ2) is 10.3. The molecule has 3 heterocycles. The van der Waals surface area contributed by atoms with Crippen molar-refractivity contribution < 1.29 is 14.3 Å². The Balaban J connectivity index is 1.49. The second-order valence-electron chi connectivity index (χ2n) is 9.10. The van der Waals surface area contributed by atoms with E-state index in [-0.39, 0.29) is 23.8 Å². The highest BCUT2D eigenvalue weighted by atomic mass is 79.9. The number of aromatic nitrogens is 2. The quantitative estimate of drug-likeness (QED) is 0.609. The standard InChI is InChI=1S/C24H32BrN5O3/c1-17-21(16-28(3)26-17)24(32)30-8-7-22(33-20-6-4-5-19(25)14-20)18(15-30)13-23(31)29-11-9-27(2)10-12-29/h4-6,14,16,18,22H,7-13,15H2,1-3H3/t18-,22-/m0/s1. The van der Waals surface area contributed by atoms with Crippen LogP contribution in [0.2, 0.25) is 0 Å². The molecule has 2 aliphatic heterocycles. The van der Waals surface area contributed by atoms with Crippen molar-refractivity contribution in [1.82, 2.24) is 24.5 Å².